The monoisotopic (exact) mass is 462 g/mol. The average Bonchev–Trinajstić information content (AvgIpc) is 3.61. The number of benzene rings is 2. The van der Waals surface area contributed by atoms with Gasteiger partial charge in [0.25, 0.3) is 0 Å². The van der Waals surface area contributed by atoms with Crippen LogP contribution in [0.25, 0.3) is 11.1 Å². The lowest BCUT2D eigenvalue weighted by atomic mass is 9.97. The largest absolute Gasteiger partial charge is 0.490 e. The topological polar surface area (TPSA) is 59.6 Å². The van der Waals surface area contributed by atoms with E-state index in [4.69, 9.17) is 9.47 Å². The SMILES string of the molecule is CCCC(Oc1ccc2c(c1)-c1c(OC(CCC)C3CCNC3)cccc1C2=O)C1CCNC1. The number of hydrogen-bond donors (Lipinski definition) is 2. The minimum absolute atomic E-state index is 0.0849. The van der Waals surface area contributed by atoms with Crippen molar-refractivity contribution in [2.75, 3.05) is 26.2 Å². The molecule has 2 saturated heterocycles. The van der Waals surface area contributed by atoms with Gasteiger partial charge in [-0.25, -0.2) is 0 Å². The third-order valence-electron chi connectivity index (χ3n) is 7.74. The highest BCUT2D eigenvalue weighted by Crippen LogP contribution is 2.45. The van der Waals surface area contributed by atoms with Gasteiger partial charge in [0.2, 0.25) is 0 Å². The van der Waals surface area contributed by atoms with Crippen molar-refractivity contribution in [1.82, 2.24) is 10.6 Å². The van der Waals surface area contributed by atoms with Crippen molar-refractivity contribution in [2.24, 2.45) is 11.8 Å². The maximum atomic E-state index is 13.2. The van der Waals surface area contributed by atoms with Gasteiger partial charge in [-0.3, -0.25) is 4.79 Å². The highest BCUT2D eigenvalue weighted by Gasteiger charge is 2.33. The van der Waals surface area contributed by atoms with Crippen molar-refractivity contribution in [3.63, 3.8) is 0 Å². The second-order valence-corrected chi connectivity index (χ2v) is 10.1. The number of ketones is 1. The maximum absolute atomic E-state index is 13.2. The quantitative estimate of drug-likeness (QED) is 0.433. The Morgan fingerprint density at radius 2 is 1.53 bits per heavy atom. The minimum Gasteiger partial charge on any atom is -0.490 e. The van der Waals surface area contributed by atoms with Crippen LogP contribution in [-0.2, 0) is 0 Å². The van der Waals surface area contributed by atoms with E-state index in [-0.39, 0.29) is 18.0 Å². The molecule has 0 radical (unpaired) electrons. The smallest absolute Gasteiger partial charge is 0.194 e. The fourth-order valence-electron chi connectivity index (χ4n) is 5.92. The molecule has 2 heterocycles. The molecule has 2 aromatic rings. The summed E-state index contributed by atoms with van der Waals surface area (Å²) >= 11 is 0. The molecule has 0 amide bonds. The van der Waals surface area contributed by atoms with Crippen LogP contribution in [0.15, 0.2) is 36.4 Å². The molecule has 2 aromatic carbocycles. The maximum Gasteiger partial charge on any atom is 0.194 e. The number of hydrogen-bond acceptors (Lipinski definition) is 5. The Morgan fingerprint density at radius 3 is 2.15 bits per heavy atom. The summed E-state index contributed by atoms with van der Waals surface area (Å²) in [6.07, 6.45) is 6.90. The molecule has 5 heteroatoms. The minimum atomic E-state index is 0.0849. The molecule has 5 nitrogen and oxygen atoms in total. The first kappa shape index (κ1) is 23.4. The van der Waals surface area contributed by atoms with Gasteiger partial charge in [-0.2, -0.15) is 0 Å². The van der Waals surface area contributed by atoms with Crippen LogP contribution in [0.3, 0.4) is 0 Å². The summed E-state index contributed by atoms with van der Waals surface area (Å²) in [7, 11) is 0. The van der Waals surface area contributed by atoms with Gasteiger partial charge >= 0.3 is 0 Å². The number of fused-ring (bicyclic) bond motifs is 3. The fourth-order valence-corrected chi connectivity index (χ4v) is 5.92. The zero-order valence-corrected chi connectivity index (χ0v) is 20.6. The molecule has 0 saturated carbocycles. The van der Waals surface area contributed by atoms with E-state index in [1.54, 1.807) is 0 Å². The summed E-state index contributed by atoms with van der Waals surface area (Å²) in [6, 6.07) is 11.9. The molecule has 34 heavy (non-hydrogen) atoms. The van der Waals surface area contributed by atoms with Gasteiger partial charge in [-0.05, 0) is 63.0 Å². The number of nitrogens with one attached hydrogen (secondary N) is 2. The Kier molecular flexibility index (Phi) is 7.21. The van der Waals surface area contributed by atoms with Gasteiger partial charge in [0.05, 0.1) is 0 Å². The predicted molar refractivity (Wildman–Crippen MR) is 136 cm³/mol. The Morgan fingerprint density at radius 1 is 0.853 bits per heavy atom. The van der Waals surface area contributed by atoms with Gasteiger partial charge in [-0.1, -0.05) is 38.8 Å². The fraction of sp³-hybridized carbons (Fsp3) is 0.552. The van der Waals surface area contributed by atoms with Crippen LogP contribution < -0.4 is 20.1 Å². The summed E-state index contributed by atoms with van der Waals surface area (Å²) in [5.74, 6) is 2.82. The van der Waals surface area contributed by atoms with Crippen LogP contribution in [0.2, 0.25) is 0 Å². The molecule has 2 aliphatic heterocycles. The second kappa shape index (κ2) is 10.5. The first-order valence-electron chi connectivity index (χ1n) is 13.3. The van der Waals surface area contributed by atoms with E-state index in [0.29, 0.717) is 11.8 Å². The van der Waals surface area contributed by atoms with Crippen molar-refractivity contribution in [2.45, 2.75) is 64.6 Å². The van der Waals surface area contributed by atoms with E-state index in [1.807, 2.05) is 30.3 Å². The van der Waals surface area contributed by atoms with E-state index in [9.17, 15) is 4.79 Å². The van der Waals surface area contributed by atoms with Crippen molar-refractivity contribution < 1.29 is 14.3 Å². The van der Waals surface area contributed by atoms with Crippen LogP contribution >= 0.6 is 0 Å². The first-order chi connectivity index (χ1) is 16.7. The van der Waals surface area contributed by atoms with Crippen molar-refractivity contribution in [3.8, 4) is 22.6 Å². The third kappa shape index (κ3) is 4.60. The number of carbonyl (C=O) groups excluding carboxylic acids is 1. The van der Waals surface area contributed by atoms with Crippen LogP contribution in [0, 0.1) is 11.8 Å². The molecule has 3 aliphatic rings. The molecule has 182 valence electrons. The average molecular weight is 463 g/mol. The van der Waals surface area contributed by atoms with Crippen molar-refractivity contribution in [3.05, 3.63) is 47.5 Å². The number of ether oxygens (including phenoxy) is 2. The highest BCUT2D eigenvalue weighted by atomic mass is 16.5. The Bertz CT molecular complexity index is 1010. The molecule has 1 aliphatic carbocycles. The first-order valence-corrected chi connectivity index (χ1v) is 13.3. The summed E-state index contributed by atoms with van der Waals surface area (Å²) < 4.78 is 13.2. The summed E-state index contributed by atoms with van der Waals surface area (Å²) in [5, 5.41) is 6.95. The molecular weight excluding hydrogens is 424 g/mol. The Labute approximate surface area is 203 Å². The standard InChI is InChI=1S/C29H38N2O3/c1-3-6-25(19-12-14-30-17-19)33-21-10-11-22-24(16-21)28-23(29(22)32)8-5-9-27(28)34-26(7-4-2)20-13-15-31-18-20/h5,8-11,16,19-20,25-26,30-31H,3-4,6-7,12-15,17-18H2,1-2H3. The van der Waals surface area contributed by atoms with E-state index in [2.05, 4.69) is 30.5 Å². The Balaban J connectivity index is 1.45. The Hall–Kier alpha value is -2.37. The molecule has 0 spiro atoms. The van der Waals surface area contributed by atoms with E-state index in [1.165, 1.54) is 0 Å². The van der Waals surface area contributed by atoms with Crippen LogP contribution in [0.1, 0.15) is 68.3 Å². The molecule has 4 unspecified atom stereocenters. The van der Waals surface area contributed by atoms with E-state index in [0.717, 1.165) is 98.5 Å². The summed E-state index contributed by atoms with van der Waals surface area (Å²) in [4.78, 5) is 13.2. The number of rotatable bonds is 10. The molecule has 2 fully saturated rings. The summed E-state index contributed by atoms with van der Waals surface area (Å²) in [6.45, 7) is 8.57. The van der Waals surface area contributed by atoms with Crippen LogP contribution in [-0.4, -0.2) is 44.2 Å². The zero-order chi connectivity index (χ0) is 23.5. The van der Waals surface area contributed by atoms with Crippen molar-refractivity contribution >= 4 is 5.78 Å². The lowest BCUT2D eigenvalue weighted by molar-refractivity contribution is 0.104. The van der Waals surface area contributed by atoms with Gasteiger partial charge in [0.15, 0.2) is 5.78 Å². The third-order valence-corrected chi connectivity index (χ3v) is 7.74. The van der Waals surface area contributed by atoms with Gasteiger partial charge in [0.1, 0.15) is 23.7 Å². The van der Waals surface area contributed by atoms with E-state index >= 15 is 0 Å². The van der Waals surface area contributed by atoms with Crippen LogP contribution in [0.4, 0.5) is 0 Å². The molecule has 0 aromatic heterocycles. The summed E-state index contributed by atoms with van der Waals surface area (Å²) in [5.41, 5.74) is 3.39. The lowest BCUT2D eigenvalue weighted by Crippen LogP contribution is -2.29. The normalized spacial score (nSPS) is 22.9. The molecule has 5 rings (SSSR count). The van der Waals surface area contributed by atoms with E-state index < -0.39 is 0 Å². The lowest BCUT2D eigenvalue weighted by Gasteiger charge is -2.26. The van der Waals surface area contributed by atoms with Gasteiger partial charge in [-0.15, -0.1) is 0 Å². The van der Waals surface area contributed by atoms with Gasteiger partial charge < -0.3 is 20.1 Å². The molecule has 0 bridgehead atoms. The van der Waals surface area contributed by atoms with Gasteiger partial charge in [0, 0.05) is 47.2 Å². The second-order valence-electron chi connectivity index (χ2n) is 10.1. The van der Waals surface area contributed by atoms with Crippen LogP contribution in [0.5, 0.6) is 11.5 Å². The molecule has 2 N–H and O–H groups in total. The zero-order valence-electron chi connectivity index (χ0n) is 20.6. The molecular formula is C29H38N2O3. The number of carbonyl (C=O) groups is 1. The van der Waals surface area contributed by atoms with Crippen molar-refractivity contribution in [1.29, 1.82) is 0 Å². The molecule has 4 atom stereocenters. The predicted octanol–water partition coefficient (Wildman–Crippen LogP) is 5.21. The highest BCUT2D eigenvalue weighted by molar-refractivity contribution is 6.22.